The van der Waals surface area contributed by atoms with Gasteiger partial charge >= 0.3 is 0 Å². The van der Waals surface area contributed by atoms with Crippen LogP contribution in [0.1, 0.15) is 56.2 Å². The Balaban J connectivity index is 0.000000328. The van der Waals surface area contributed by atoms with Gasteiger partial charge in [0.15, 0.2) is 0 Å². The van der Waals surface area contributed by atoms with E-state index in [4.69, 9.17) is 4.74 Å². The number of fused-ring (bicyclic) bond motifs is 2. The lowest BCUT2D eigenvalue weighted by Gasteiger charge is -2.13. The fourth-order valence-corrected chi connectivity index (χ4v) is 2.38. The van der Waals surface area contributed by atoms with E-state index in [1.807, 2.05) is 6.07 Å². The molecule has 1 atom stereocenters. The monoisotopic (exact) mass is 268 g/mol. The minimum Gasteiger partial charge on any atom is -0.489 e. The summed E-state index contributed by atoms with van der Waals surface area (Å²) in [4.78, 5) is 0. The highest BCUT2D eigenvalue weighted by atomic mass is 16.5. The molecule has 1 nitrogen and oxygen atoms in total. The summed E-state index contributed by atoms with van der Waals surface area (Å²) in [7, 11) is 0. The molecule has 1 aliphatic rings. The molecule has 0 aromatic heterocycles. The highest BCUT2D eigenvalue weighted by Crippen LogP contribution is 2.36. The summed E-state index contributed by atoms with van der Waals surface area (Å²) >= 11 is 0. The third-order valence-corrected chi connectivity index (χ3v) is 3.79. The number of unbranched alkanes of at least 4 members (excludes halogenated alkanes) is 1. The summed E-state index contributed by atoms with van der Waals surface area (Å²) < 4.78 is 5.85. The molecule has 1 heteroatoms. The first-order valence-corrected chi connectivity index (χ1v) is 7.57. The van der Waals surface area contributed by atoms with E-state index in [1.165, 1.54) is 29.5 Å². The van der Waals surface area contributed by atoms with E-state index in [9.17, 15) is 0 Å². The van der Waals surface area contributed by atoms with Crippen molar-refractivity contribution in [3.63, 3.8) is 0 Å². The largest absolute Gasteiger partial charge is 0.489 e. The first-order chi connectivity index (χ1) is 9.77. The van der Waals surface area contributed by atoms with Gasteiger partial charge in [-0.15, -0.1) is 0 Å². The van der Waals surface area contributed by atoms with Gasteiger partial charge in [-0.05, 0) is 17.2 Å². The van der Waals surface area contributed by atoms with E-state index in [2.05, 4.69) is 63.2 Å². The molecule has 2 aromatic rings. The number of benzene rings is 2. The lowest BCUT2D eigenvalue weighted by atomic mass is 9.90. The molecule has 0 fully saturated rings. The zero-order chi connectivity index (χ0) is 14.4. The summed E-state index contributed by atoms with van der Waals surface area (Å²) in [6.07, 6.45) is 2.64. The molecule has 0 spiro atoms. The van der Waals surface area contributed by atoms with Crippen LogP contribution >= 0.6 is 0 Å². The second-order valence-corrected chi connectivity index (χ2v) is 5.25. The third kappa shape index (κ3) is 3.22. The Morgan fingerprint density at radius 1 is 0.900 bits per heavy atom. The van der Waals surface area contributed by atoms with Crippen molar-refractivity contribution in [2.45, 2.75) is 46.1 Å². The molecule has 0 N–H and O–H groups in total. The van der Waals surface area contributed by atoms with E-state index >= 15 is 0 Å². The Bertz CT molecular complexity index is 495. The van der Waals surface area contributed by atoms with Crippen molar-refractivity contribution in [3.05, 3.63) is 65.2 Å². The van der Waals surface area contributed by atoms with Gasteiger partial charge in [-0.25, -0.2) is 0 Å². The van der Waals surface area contributed by atoms with E-state index in [-0.39, 0.29) is 0 Å². The van der Waals surface area contributed by atoms with Crippen LogP contribution in [0.4, 0.5) is 0 Å². The molecule has 0 aliphatic carbocycles. The predicted molar refractivity (Wildman–Crippen MR) is 85.3 cm³/mol. The minimum absolute atomic E-state index is 0.412. The number of rotatable bonds is 1. The van der Waals surface area contributed by atoms with Gasteiger partial charge in [0.1, 0.15) is 12.4 Å². The normalized spacial score (nSPS) is 15.8. The van der Waals surface area contributed by atoms with E-state index in [0.29, 0.717) is 12.5 Å². The van der Waals surface area contributed by atoms with Gasteiger partial charge < -0.3 is 4.74 Å². The Labute approximate surface area is 122 Å². The van der Waals surface area contributed by atoms with E-state index in [0.717, 1.165) is 5.75 Å². The maximum Gasteiger partial charge on any atom is 0.123 e. The van der Waals surface area contributed by atoms with Crippen molar-refractivity contribution < 1.29 is 4.74 Å². The highest BCUT2D eigenvalue weighted by molar-refractivity contribution is 5.46. The fourth-order valence-electron chi connectivity index (χ4n) is 2.38. The molecule has 2 aromatic carbocycles. The highest BCUT2D eigenvalue weighted by Gasteiger charge is 2.19. The Kier molecular flexibility index (Phi) is 5.23. The second kappa shape index (κ2) is 7.14. The number of hydrogen-bond acceptors (Lipinski definition) is 1. The van der Waals surface area contributed by atoms with E-state index in [1.54, 1.807) is 0 Å². The van der Waals surface area contributed by atoms with Crippen molar-refractivity contribution >= 4 is 0 Å². The standard InChI is InChI=1S/C15H14O.C4H10/c1-11-13-7-3-2-6-12(13)10-16-15-9-5-4-8-14(11)15;1-3-4-2/h2-9,11H,10H2,1H3;3-4H2,1-2H3. The van der Waals surface area contributed by atoms with Crippen LogP contribution in [0.5, 0.6) is 5.75 Å². The van der Waals surface area contributed by atoms with Crippen molar-refractivity contribution in [1.29, 1.82) is 0 Å². The van der Waals surface area contributed by atoms with Gasteiger partial charge in [0.05, 0.1) is 0 Å². The van der Waals surface area contributed by atoms with Crippen LogP contribution in [-0.4, -0.2) is 0 Å². The number of hydrogen-bond donors (Lipinski definition) is 0. The summed E-state index contributed by atoms with van der Waals surface area (Å²) in [6.45, 7) is 7.28. The lowest BCUT2D eigenvalue weighted by Crippen LogP contribution is -1.97. The maximum absolute atomic E-state index is 5.85. The van der Waals surface area contributed by atoms with Gasteiger partial charge in [0.2, 0.25) is 0 Å². The van der Waals surface area contributed by atoms with Crippen LogP contribution in [0.25, 0.3) is 0 Å². The number of ether oxygens (including phenoxy) is 1. The van der Waals surface area contributed by atoms with Crippen molar-refractivity contribution in [1.82, 2.24) is 0 Å². The molecule has 20 heavy (non-hydrogen) atoms. The Morgan fingerprint density at radius 2 is 1.50 bits per heavy atom. The van der Waals surface area contributed by atoms with Gasteiger partial charge in [-0.3, -0.25) is 0 Å². The zero-order valence-electron chi connectivity index (χ0n) is 12.7. The predicted octanol–water partition coefficient (Wildman–Crippen LogP) is 5.54. The minimum atomic E-state index is 0.412. The number of para-hydroxylation sites is 1. The summed E-state index contributed by atoms with van der Waals surface area (Å²) in [5, 5.41) is 0. The van der Waals surface area contributed by atoms with Gasteiger partial charge in [0, 0.05) is 11.5 Å². The first-order valence-electron chi connectivity index (χ1n) is 7.57. The molecular formula is C19H24O. The molecule has 0 radical (unpaired) electrons. The van der Waals surface area contributed by atoms with Gasteiger partial charge in [0.25, 0.3) is 0 Å². The summed E-state index contributed by atoms with van der Waals surface area (Å²) in [5.41, 5.74) is 3.96. The molecule has 1 unspecified atom stereocenters. The first kappa shape index (κ1) is 14.6. The SMILES string of the molecule is CC1c2ccccc2COc2ccccc21.CCCC. The van der Waals surface area contributed by atoms with Crippen molar-refractivity contribution in [2.24, 2.45) is 0 Å². The maximum atomic E-state index is 5.85. The molecule has 0 saturated heterocycles. The summed E-state index contributed by atoms with van der Waals surface area (Å²) in [6, 6.07) is 16.8. The topological polar surface area (TPSA) is 9.23 Å². The molecule has 106 valence electrons. The van der Waals surface area contributed by atoms with Crippen molar-refractivity contribution in [2.75, 3.05) is 0 Å². The zero-order valence-corrected chi connectivity index (χ0v) is 12.7. The van der Waals surface area contributed by atoms with Crippen LogP contribution in [0.2, 0.25) is 0 Å². The molecule has 0 amide bonds. The van der Waals surface area contributed by atoms with E-state index < -0.39 is 0 Å². The third-order valence-electron chi connectivity index (χ3n) is 3.79. The molecule has 0 saturated carbocycles. The molecule has 1 aliphatic heterocycles. The Morgan fingerprint density at radius 3 is 2.20 bits per heavy atom. The molecular weight excluding hydrogens is 244 g/mol. The smallest absolute Gasteiger partial charge is 0.123 e. The van der Waals surface area contributed by atoms with Gasteiger partial charge in [-0.2, -0.15) is 0 Å². The summed E-state index contributed by atoms with van der Waals surface area (Å²) in [5.74, 6) is 1.43. The quantitative estimate of drug-likeness (QED) is 0.660. The van der Waals surface area contributed by atoms with Crippen LogP contribution < -0.4 is 4.74 Å². The lowest BCUT2D eigenvalue weighted by molar-refractivity contribution is 0.307. The average Bonchev–Trinajstić information content (AvgIpc) is 2.66. The van der Waals surface area contributed by atoms with Crippen molar-refractivity contribution in [3.8, 4) is 5.75 Å². The Hall–Kier alpha value is -1.76. The second-order valence-electron chi connectivity index (χ2n) is 5.25. The molecule has 1 heterocycles. The fraction of sp³-hybridized carbons (Fsp3) is 0.368. The molecule has 3 rings (SSSR count). The molecule has 0 bridgehead atoms. The van der Waals surface area contributed by atoms with Crippen LogP contribution in [-0.2, 0) is 6.61 Å². The van der Waals surface area contributed by atoms with Crippen LogP contribution in [0, 0.1) is 0 Å². The van der Waals surface area contributed by atoms with Gasteiger partial charge in [-0.1, -0.05) is 76.1 Å². The average molecular weight is 268 g/mol. The van der Waals surface area contributed by atoms with Crippen LogP contribution in [0.15, 0.2) is 48.5 Å². The van der Waals surface area contributed by atoms with Crippen LogP contribution in [0.3, 0.4) is 0 Å².